The Kier molecular flexibility index (Phi) is 3.83. The second kappa shape index (κ2) is 5.35. The molecule has 1 aliphatic heterocycles. The normalized spacial score (nSPS) is 17.2. The van der Waals surface area contributed by atoms with Gasteiger partial charge in [0.25, 0.3) is 0 Å². The van der Waals surface area contributed by atoms with Crippen molar-refractivity contribution in [2.75, 3.05) is 18.0 Å². The maximum absolute atomic E-state index is 5.84. The van der Waals surface area contributed by atoms with Crippen molar-refractivity contribution in [1.82, 2.24) is 0 Å². The lowest BCUT2D eigenvalue weighted by atomic mass is 10.1. The minimum absolute atomic E-state index is 0.646. The molecule has 88 valence electrons. The van der Waals surface area contributed by atoms with Crippen molar-refractivity contribution < 1.29 is 0 Å². The third-order valence-corrected chi connectivity index (χ3v) is 3.46. The number of aryl methyl sites for hydroxylation is 1. The van der Waals surface area contributed by atoms with Crippen LogP contribution in [0.5, 0.6) is 0 Å². The fourth-order valence-corrected chi connectivity index (χ4v) is 2.63. The summed E-state index contributed by atoms with van der Waals surface area (Å²) in [5.74, 6) is 0. The Balaban J connectivity index is 2.29. The molecule has 0 spiro atoms. The van der Waals surface area contributed by atoms with Crippen molar-refractivity contribution in [1.29, 1.82) is 0 Å². The zero-order chi connectivity index (χ0) is 11.4. The van der Waals surface area contributed by atoms with Crippen LogP contribution in [0.1, 0.15) is 36.8 Å². The number of para-hydroxylation sites is 1. The lowest BCUT2D eigenvalue weighted by molar-refractivity contribution is 0.726. The quantitative estimate of drug-likeness (QED) is 0.827. The van der Waals surface area contributed by atoms with Gasteiger partial charge < -0.3 is 10.6 Å². The summed E-state index contributed by atoms with van der Waals surface area (Å²) in [6.07, 6.45) is 5.39. The smallest absolute Gasteiger partial charge is 0.0441 e. The lowest BCUT2D eigenvalue weighted by Gasteiger charge is -2.27. The Labute approximate surface area is 98.4 Å². The molecule has 0 atom stereocenters. The molecule has 2 nitrogen and oxygen atoms in total. The summed E-state index contributed by atoms with van der Waals surface area (Å²) in [4.78, 5) is 2.53. The molecule has 0 radical (unpaired) electrons. The van der Waals surface area contributed by atoms with Crippen LogP contribution in [-0.2, 0) is 6.54 Å². The highest BCUT2D eigenvalue weighted by molar-refractivity contribution is 5.59. The molecule has 1 fully saturated rings. The molecule has 0 aliphatic carbocycles. The Morgan fingerprint density at radius 2 is 1.81 bits per heavy atom. The van der Waals surface area contributed by atoms with Gasteiger partial charge in [0.05, 0.1) is 0 Å². The van der Waals surface area contributed by atoms with E-state index in [1.54, 1.807) is 0 Å². The standard InChI is InChI=1S/C14H22N2/c1-12-7-6-8-13(11-15)14(12)16-9-4-2-3-5-10-16/h6-8H,2-5,9-11,15H2,1H3. The average molecular weight is 218 g/mol. The monoisotopic (exact) mass is 218 g/mol. The molecule has 1 saturated heterocycles. The summed E-state index contributed by atoms with van der Waals surface area (Å²) < 4.78 is 0. The summed E-state index contributed by atoms with van der Waals surface area (Å²) in [6.45, 7) is 5.22. The van der Waals surface area contributed by atoms with E-state index in [1.807, 2.05) is 0 Å². The van der Waals surface area contributed by atoms with Crippen molar-refractivity contribution in [3.8, 4) is 0 Å². The summed E-state index contributed by atoms with van der Waals surface area (Å²) >= 11 is 0. The van der Waals surface area contributed by atoms with Crippen LogP contribution in [0.3, 0.4) is 0 Å². The van der Waals surface area contributed by atoms with Gasteiger partial charge in [-0.15, -0.1) is 0 Å². The zero-order valence-corrected chi connectivity index (χ0v) is 10.2. The van der Waals surface area contributed by atoms with Gasteiger partial charge >= 0.3 is 0 Å². The van der Waals surface area contributed by atoms with E-state index in [4.69, 9.17) is 5.73 Å². The molecule has 16 heavy (non-hydrogen) atoms. The maximum atomic E-state index is 5.84. The van der Waals surface area contributed by atoms with Crippen LogP contribution in [0.2, 0.25) is 0 Å². The summed E-state index contributed by atoms with van der Waals surface area (Å²) in [6, 6.07) is 6.46. The van der Waals surface area contributed by atoms with Crippen LogP contribution in [0.25, 0.3) is 0 Å². The van der Waals surface area contributed by atoms with Gasteiger partial charge in [-0.2, -0.15) is 0 Å². The fraction of sp³-hybridized carbons (Fsp3) is 0.571. The summed E-state index contributed by atoms with van der Waals surface area (Å²) in [7, 11) is 0. The van der Waals surface area contributed by atoms with Gasteiger partial charge in [-0.05, 0) is 30.9 Å². The first-order valence-corrected chi connectivity index (χ1v) is 6.36. The average Bonchev–Trinajstić information content (AvgIpc) is 2.57. The van der Waals surface area contributed by atoms with Crippen LogP contribution in [0.15, 0.2) is 18.2 Å². The molecule has 2 N–H and O–H groups in total. The van der Waals surface area contributed by atoms with Crippen molar-refractivity contribution >= 4 is 5.69 Å². The molecule has 1 aromatic rings. The maximum Gasteiger partial charge on any atom is 0.0441 e. The van der Waals surface area contributed by atoms with Crippen molar-refractivity contribution in [3.63, 3.8) is 0 Å². The van der Waals surface area contributed by atoms with Crippen LogP contribution in [0.4, 0.5) is 5.69 Å². The zero-order valence-electron chi connectivity index (χ0n) is 10.2. The van der Waals surface area contributed by atoms with Gasteiger partial charge in [-0.1, -0.05) is 31.0 Å². The Morgan fingerprint density at radius 1 is 1.12 bits per heavy atom. The highest BCUT2D eigenvalue weighted by Crippen LogP contribution is 2.27. The second-order valence-corrected chi connectivity index (χ2v) is 4.69. The number of nitrogens with two attached hydrogens (primary N) is 1. The number of hydrogen-bond acceptors (Lipinski definition) is 2. The van der Waals surface area contributed by atoms with E-state index in [0.717, 1.165) is 0 Å². The summed E-state index contributed by atoms with van der Waals surface area (Å²) in [5, 5.41) is 0. The highest BCUT2D eigenvalue weighted by atomic mass is 15.1. The van der Waals surface area contributed by atoms with Crippen LogP contribution >= 0.6 is 0 Å². The second-order valence-electron chi connectivity index (χ2n) is 4.69. The predicted molar refractivity (Wildman–Crippen MR) is 69.8 cm³/mol. The lowest BCUT2D eigenvalue weighted by Crippen LogP contribution is -2.26. The Bertz CT molecular complexity index is 339. The third-order valence-electron chi connectivity index (χ3n) is 3.46. The first kappa shape index (κ1) is 11.5. The SMILES string of the molecule is Cc1cccc(CN)c1N1CCCCCC1. The van der Waals surface area contributed by atoms with Crippen molar-refractivity contribution in [2.24, 2.45) is 5.73 Å². The number of nitrogens with zero attached hydrogens (tertiary/aromatic N) is 1. The van der Waals surface area contributed by atoms with Crippen LogP contribution < -0.4 is 10.6 Å². The van der Waals surface area contributed by atoms with E-state index < -0.39 is 0 Å². The number of rotatable bonds is 2. The number of anilines is 1. The van der Waals surface area contributed by atoms with Gasteiger partial charge in [0.1, 0.15) is 0 Å². The Morgan fingerprint density at radius 3 is 2.44 bits per heavy atom. The molecule has 0 bridgehead atoms. The molecule has 0 amide bonds. The van der Waals surface area contributed by atoms with Gasteiger partial charge in [0, 0.05) is 25.3 Å². The third kappa shape index (κ3) is 2.38. The predicted octanol–water partition coefficient (Wildman–Crippen LogP) is 2.83. The highest BCUT2D eigenvalue weighted by Gasteiger charge is 2.14. The number of hydrogen-bond donors (Lipinski definition) is 1. The molecule has 0 aromatic heterocycles. The van der Waals surface area contributed by atoms with Crippen molar-refractivity contribution in [3.05, 3.63) is 29.3 Å². The van der Waals surface area contributed by atoms with Crippen LogP contribution in [-0.4, -0.2) is 13.1 Å². The first-order valence-electron chi connectivity index (χ1n) is 6.36. The first-order chi connectivity index (χ1) is 7.83. The van der Waals surface area contributed by atoms with Gasteiger partial charge in [-0.25, -0.2) is 0 Å². The summed E-state index contributed by atoms with van der Waals surface area (Å²) in [5.41, 5.74) is 9.89. The van der Waals surface area contributed by atoms with E-state index >= 15 is 0 Å². The molecule has 1 heterocycles. The molecular weight excluding hydrogens is 196 g/mol. The Hall–Kier alpha value is -1.02. The molecule has 0 unspecified atom stereocenters. The molecule has 2 heteroatoms. The molecule has 2 rings (SSSR count). The van der Waals surface area contributed by atoms with E-state index in [9.17, 15) is 0 Å². The van der Waals surface area contributed by atoms with Gasteiger partial charge in [-0.3, -0.25) is 0 Å². The minimum Gasteiger partial charge on any atom is -0.371 e. The molecule has 0 saturated carbocycles. The minimum atomic E-state index is 0.646. The molecule has 1 aliphatic rings. The van der Waals surface area contributed by atoms with Crippen molar-refractivity contribution in [2.45, 2.75) is 39.2 Å². The molecule has 1 aromatic carbocycles. The topological polar surface area (TPSA) is 29.3 Å². The van der Waals surface area contributed by atoms with E-state index in [1.165, 1.54) is 55.6 Å². The van der Waals surface area contributed by atoms with E-state index in [-0.39, 0.29) is 0 Å². The number of benzene rings is 1. The van der Waals surface area contributed by atoms with Gasteiger partial charge in [0.15, 0.2) is 0 Å². The van der Waals surface area contributed by atoms with E-state index in [0.29, 0.717) is 6.54 Å². The van der Waals surface area contributed by atoms with Crippen LogP contribution in [0, 0.1) is 6.92 Å². The fourth-order valence-electron chi connectivity index (χ4n) is 2.63. The largest absolute Gasteiger partial charge is 0.371 e. The van der Waals surface area contributed by atoms with E-state index in [2.05, 4.69) is 30.0 Å². The van der Waals surface area contributed by atoms with Gasteiger partial charge in [0.2, 0.25) is 0 Å². The molecular formula is C14H22N2.